The highest BCUT2D eigenvalue weighted by Gasteiger charge is 2.32. The highest BCUT2D eigenvalue weighted by Crippen LogP contribution is 2.25. The summed E-state index contributed by atoms with van der Waals surface area (Å²) in [7, 11) is 3.73. The minimum Gasteiger partial charge on any atom is -0.495 e. The number of hydrogen-bond acceptors (Lipinski definition) is 5. The van der Waals surface area contributed by atoms with Crippen molar-refractivity contribution in [3.8, 4) is 5.75 Å². The van der Waals surface area contributed by atoms with Gasteiger partial charge in [0.2, 0.25) is 0 Å². The van der Waals surface area contributed by atoms with Gasteiger partial charge in [-0.3, -0.25) is 9.69 Å². The van der Waals surface area contributed by atoms with Gasteiger partial charge in [-0.25, -0.2) is 0 Å². The van der Waals surface area contributed by atoms with E-state index in [1.54, 1.807) is 25.3 Å². The molecule has 2 heterocycles. The lowest BCUT2D eigenvalue weighted by molar-refractivity contribution is 0.0755. The molecule has 6 heteroatoms. The normalized spacial score (nSPS) is 23.2. The van der Waals surface area contributed by atoms with E-state index >= 15 is 0 Å². The number of likely N-dealkylation sites (N-methyl/N-ethyl adjacent to an activating group) is 1. The van der Waals surface area contributed by atoms with Crippen LogP contribution in [0.3, 0.4) is 0 Å². The summed E-state index contributed by atoms with van der Waals surface area (Å²) in [4.78, 5) is 19.5. The zero-order valence-electron chi connectivity index (χ0n) is 14.0. The first kappa shape index (κ1) is 16.1. The monoisotopic (exact) mass is 318 g/mol. The largest absolute Gasteiger partial charge is 0.495 e. The van der Waals surface area contributed by atoms with E-state index < -0.39 is 0 Å². The molecule has 23 heavy (non-hydrogen) atoms. The second-order valence-corrected chi connectivity index (χ2v) is 6.49. The molecule has 1 amide bonds. The molecule has 0 aliphatic carbocycles. The van der Waals surface area contributed by atoms with Crippen LogP contribution in [0, 0.1) is 0 Å². The van der Waals surface area contributed by atoms with Gasteiger partial charge in [0.1, 0.15) is 5.75 Å². The molecule has 2 N–H and O–H groups in total. The molecule has 1 atom stereocenters. The number of anilines is 1. The number of likely N-dealkylation sites (tertiary alicyclic amines) is 1. The molecular formula is C17H26N4O2. The van der Waals surface area contributed by atoms with Crippen LogP contribution in [0.4, 0.5) is 5.69 Å². The van der Waals surface area contributed by atoms with E-state index in [0.29, 0.717) is 23.0 Å². The first-order valence-electron chi connectivity index (χ1n) is 8.24. The molecule has 1 aromatic rings. The number of rotatable bonds is 3. The van der Waals surface area contributed by atoms with Crippen LogP contribution in [0.2, 0.25) is 0 Å². The average molecular weight is 318 g/mol. The van der Waals surface area contributed by atoms with Crippen molar-refractivity contribution < 1.29 is 9.53 Å². The summed E-state index contributed by atoms with van der Waals surface area (Å²) in [6.07, 6.45) is 1.06. The van der Waals surface area contributed by atoms with Crippen molar-refractivity contribution in [2.45, 2.75) is 12.5 Å². The van der Waals surface area contributed by atoms with Gasteiger partial charge >= 0.3 is 0 Å². The SMILES string of the molecule is COc1cc(C(=O)N2CC[C@@H](N3CCN(C)CC3)C2)ccc1N. The zero-order valence-corrected chi connectivity index (χ0v) is 14.0. The Labute approximate surface area is 137 Å². The number of nitrogens with two attached hydrogens (primary N) is 1. The van der Waals surface area contributed by atoms with Crippen LogP contribution in [0.25, 0.3) is 0 Å². The minimum absolute atomic E-state index is 0.0694. The van der Waals surface area contributed by atoms with Gasteiger partial charge in [0.05, 0.1) is 12.8 Å². The zero-order chi connectivity index (χ0) is 16.4. The number of nitrogen functional groups attached to an aromatic ring is 1. The summed E-state index contributed by atoms with van der Waals surface area (Å²) < 4.78 is 5.22. The van der Waals surface area contributed by atoms with Gasteiger partial charge in [-0.15, -0.1) is 0 Å². The Kier molecular flexibility index (Phi) is 4.73. The Morgan fingerprint density at radius 1 is 1.22 bits per heavy atom. The first-order chi connectivity index (χ1) is 11.1. The molecule has 126 valence electrons. The highest BCUT2D eigenvalue weighted by molar-refractivity contribution is 5.95. The molecule has 0 unspecified atom stereocenters. The molecule has 2 fully saturated rings. The van der Waals surface area contributed by atoms with Crippen molar-refractivity contribution in [1.82, 2.24) is 14.7 Å². The molecule has 6 nitrogen and oxygen atoms in total. The fourth-order valence-corrected chi connectivity index (χ4v) is 3.44. The van der Waals surface area contributed by atoms with E-state index in [2.05, 4.69) is 16.8 Å². The fraction of sp³-hybridized carbons (Fsp3) is 0.588. The first-order valence-corrected chi connectivity index (χ1v) is 8.24. The molecule has 0 radical (unpaired) electrons. The fourth-order valence-electron chi connectivity index (χ4n) is 3.44. The summed E-state index contributed by atoms with van der Waals surface area (Å²) in [5.74, 6) is 0.630. The number of carbonyl (C=O) groups is 1. The smallest absolute Gasteiger partial charge is 0.254 e. The van der Waals surface area contributed by atoms with Gasteiger partial charge in [0.15, 0.2) is 0 Å². The molecule has 2 saturated heterocycles. The molecule has 3 rings (SSSR count). The number of hydrogen-bond donors (Lipinski definition) is 1. The summed E-state index contributed by atoms with van der Waals surface area (Å²) >= 11 is 0. The van der Waals surface area contributed by atoms with E-state index in [9.17, 15) is 4.79 Å². The van der Waals surface area contributed by atoms with Crippen molar-refractivity contribution in [2.75, 3.05) is 59.2 Å². The Morgan fingerprint density at radius 3 is 2.65 bits per heavy atom. The summed E-state index contributed by atoms with van der Waals surface area (Å²) in [5, 5.41) is 0. The number of ether oxygens (including phenoxy) is 1. The van der Waals surface area contributed by atoms with E-state index in [0.717, 1.165) is 45.7 Å². The van der Waals surface area contributed by atoms with Crippen LogP contribution in [0.5, 0.6) is 5.75 Å². The molecule has 2 aliphatic rings. The maximum absolute atomic E-state index is 12.7. The van der Waals surface area contributed by atoms with Gasteiger partial charge < -0.3 is 20.3 Å². The number of carbonyl (C=O) groups excluding carboxylic acids is 1. The van der Waals surface area contributed by atoms with Gasteiger partial charge in [-0.05, 0) is 31.7 Å². The lowest BCUT2D eigenvalue weighted by atomic mass is 10.1. The van der Waals surface area contributed by atoms with Crippen LogP contribution in [-0.4, -0.2) is 80.1 Å². The molecule has 0 aromatic heterocycles. The maximum Gasteiger partial charge on any atom is 0.254 e. The molecular weight excluding hydrogens is 292 g/mol. The van der Waals surface area contributed by atoms with Crippen molar-refractivity contribution in [2.24, 2.45) is 0 Å². The lowest BCUT2D eigenvalue weighted by Crippen LogP contribution is -2.50. The molecule has 0 spiro atoms. The third kappa shape index (κ3) is 3.43. The van der Waals surface area contributed by atoms with E-state index in [1.165, 1.54) is 0 Å². The average Bonchev–Trinajstić information content (AvgIpc) is 3.05. The Hall–Kier alpha value is -1.79. The van der Waals surface area contributed by atoms with Crippen LogP contribution >= 0.6 is 0 Å². The predicted octanol–water partition coefficient (Wildman–Crippen LogP) is 0.739. The number of nitrogens with zero attached hydrogens (tertiary/aromatic N) is 3. The van der Waals surface area contributed by atoms with Crippen LogP contribution in [-0.2, 0) is 0 Å². The van der Waals surface area contributed by atoms with Crippen molar-refractivity contribution >= 4 is 11.6 Å². The van der Waals surface area contributed by atoms with E-state index in [-0.39, 0.29) is 5.91 Å². The minimum atomic E-state index is 0.0694. The molecule has 0 saturated carbocycles. The molecule has 2 aliphatic heterocycles. The Bertz CT molecular complexity index is 570. The molecule has 1 aromatic carbocycles. The highest BCUT2D eigenvalue weighted by atomic mass is 16.5. The third-order valence-electron chi connectivity index (χ3n) is 4.99. The second kappa shape index (κ2) is 6.76. The van der Waals surface area contributed by atoms with Gasteiger partial charge in [-0.1, -0.05) is 0 Å². The lowest BCUT2D eigenvalue weighted by Gasteiger charge is -2.36. The Balaban J connectivity index is 1.63. The van der Waals surface area contributed by atoms with Crippen molar-refractivity contribution in [3.05, 3.63) is 23.8 Å². The second-order valence-electron chi connectivity index (χ2n) is 6.49. The van der Waals surface area contributed by atoms with Gasteiger partial charge in [-0.2, -0.15) is 0 Å². The number of benzene rings is 1. The van der Waals surface area contributed by atoms with Crippen LogP contribution < -0.4 is 10.5 Å². The molecule has 0 bridgehead atoms. The quantitative estimate of drug-likeness (QED) is 0.833. The van der Waals surface area contributed by atoms with Gasteiger partial charge in [0, 0.05) is 50.9 Å². The summed E-state index contributed by atoms with van der Waals surface area (Å²) in [6, 6.07) is 5.74. The van der Waals surface area contributed by atoms with E-state index in [1.807, 2.05) is 4.90 Å². The third-order valence-corrected chi connectivity index (χ3v) is 4.99. The Morgan fingerprint density at radius 2 is 1.96 bits per heavy atom. The van der Waals surface area contributed by atoms with Crippen LogP contribution in [0.15, 0.2) is 18.2 Å². The van der Waals surface area contributed by atoms with Crippen LogP contribution in [0.1, 0.15) is 16.8 Å². The number of methoxy groups -OCH3 is 1. The standard InChI is InChI=1S/C17H26N4O2/c1-19-7-9-20(10-8-19)14-5-6-21(12-14)17(22)13-3-4-15(18)16(11-13)23-2/h3-4,11,14H,5-10,12,18H2,1-2H3/t14-/m1/s1. The number of amides is 1. The summed E-state index contributed by atoms with van der Waals surface area (Å²) in [6.45, 7) is 6.05. The van der Waals surface area contributed by atoms with Crippen molar-refractivity contribution in [1.29, 1.82) is 0 Å². The van der Waals surface area contributed by atoms with E-state index in [4.69, 9.17) is 10.5 Å². The summed E-state index contributed by atoms with van der Waals surface area (Å²) in [5.41, 5.74) is 7.03. The van der Waals surface area contributed by atoms with Crippen molar-refractivity contribution in [3.63, 3.8) is 0 Å². The number of piperazine rings is 1. The van der Waals surface area contributed by atoms with Gasteiger partial charge in [0.25, 0.3) is 5.91 Å². The maximum atomic E-state index is 12.7. The topological polar surface area (TPSA) is 62.0 Å². The predicted molar refractivity (Wildman–Crippen MR) is 90.8 cm³/mol.